The van der Waals surface area contributed by atoms with Crippen LogP contribution < -0.4 is 5.32 Å². The Morgan fingerprint density at radius 3 is 2.47 bits per heavy atom. The minimum Gasteiger partial charge on any atom is -0.395 e. The lowest BCUT2D eigenvalue weighted by atomic mass is 10.0. The van der Waals surface area contributed by atoms with Gasteiger partial charge in [-0.1, -0.05) is 24.3 Å². The highest BCUT2D eigenvalue weighted by Crippen LogP contribution is 2.09. The van der Waals surface area contributed by atoms with Crippen molar-refractivity contribution < 1.29 is 5.11 Å². The summed E-state index contributed by atoms with van der Waals surface area (Å²) in [6.45, 7) is 6.47. The summed E-state index contributed by atoms with van der Waals surface area (Å²) in [7, 11) is 0. The molecule has 0 heterocycles. The Labute approximate surface area is 92.3 Å². The van der Waals surface area contributed by atoms with Gasteiger partial charge in [-0.15, -0.1) is 0 Å². The number of aryl methyl sites for hydroxylation is 1. The molecule has 0 radical (unpaired) electrons. The highest BCUT2D eigenvalue weighted by Gasteiger charge is 2.07. The van der Waals surface area contributed by atoms with E-state index in [0.717, 1.165) is 6.42 Å². The smallest absolute Gasteiger partial charge is 0.0582 e. The van der Waals surface area contributed by atoms with Crippen LogP contribution in [0.5, 0.6) is 0 Å². The third-order valence-electron chi connectivity index (χ3n) is 2.63. The number of nitrogens with one attached hydrogen (secondary N) is 1. The molecule has 2 N–H and O–H groups in total. The van der Waals surface area contributed by atoms with Gasteiger partial charge in [0.1, 0.15) is 0 Å². The van der Waals surface area contributed by atoms with Crippen LogP contribution in [0, 0.1) is 6.92 Å². The Kier molecular flexibility index (Phi) is 4.79. The molecule has 2 unspecified atom stereocenters. The second-order valence-corrected chi connectivity index (χ2v) is 4.28. The van der Waals surface area contributed by atoms with E-state index in [1.165, 1.54) is 11.1 Å². The highest BCUT2D eigenvalue weighted by atomic mass is 16.3. The largest absolute Gasteiger partial charge is 0.395 e. The van der Waals surface area contributed by atoms with Crippen molar-refractivity contribution in [1.29, 1.82) is 0 Å². The lowest BCUT2D eigenvalue weighted by Crippen LogP contribution is -2.38. The van der Waals surface area contributed by atoms with Crippen molar-refractivity contribution >= 4 is 0 Å². The van der Waals surface area contributed by atoms with E-state index in [1.807, 2.05) is 6.92 Å². The molecule has 0 aromatic heterocycles. The van der Waals surface area contributed by atoms with Gasteiger partial charge >= 0.3 is 0 Å². The first-order chi connectivity index (χ1) is 7.13. The molecule has 2 heteroatoms. The predicted molar refractivity (Wildman–Crippen MR) is 64.0 cm³/mol. The average molecular weight is 207 g/mol. The fourth-order valence-corrected chi connectivity index (χ4v) is 1.77. The molecule has 0 aliphatic carbocycles. The molecule has 84 valence electrons. The van der Waals surface area contributed by atoms with Crippen LogP contribution in [0.1, 0.15) is 25.0 Å². The minimum atomic E-state index is 0.170. The monoisotopic (exact) mass is 207 g/mol. The van der Waals surface area contributed by atoms with Crippen LogP contribution in [0.2, 0.25) is 0 Å². The molecule has 0 saturated heterocycles. The van der Waals surface area contributed by atoms with Gasteiger partial charge in [-0.25, -0.2) is 0 Å². The molecule has 0 spiro atoms. The second kappa shape index (κ2) is 5.89. The van der Waals surface area contributed by atoms with Crippen molar-refractivity contribution in [3.8, 4) is 0 Å². The lowest BCUT2D eigenvalue weighted by Gasteiger charge is -2.19. The Balaban J connectivity index is 2.51. The van der Waals surface area contributed by atoms with Gasteiger partial charge in [0, 0.05) is 12.1 Å². The van der Waals surface area contributed by atoms with E-state index >= 15 is 0 Å². The fourth-order valence-electron chi connectivity index (χ4n) is 1.77. The molecule has 2 nitrogen and oxygen atoms in total. The number of hydrogen-bond donors (Lipinski definition) is 2. The zero-order valence-corrected chi connectivity index (χ0v) is 9.83. The van der Waals surface area contributed by atoms with Crippen molar-refractivity contribution in [2.45, 2.75) is 39.3 Å². The lowest BCUT2D eigenvalue weighted by molar-refractivity contribution is 0.242. The maximum atomic E-state index is 8.94. The van der Waals surface area contributed by atoms with Gasteiger partial charge in [0.25, 0.3) is 0 Å². The summed E-state index contributed by atoms with van der Waals surface area (Å²) in [6.07, 6.45) is 1.01. The first-order valence-corrected chi connectivity index (χ1v) is 5.55. The number of rotatable bonds is 5. The Bertz CT molecular complexity index is 298. The molecule has 1 aromatic rings. The maximum absolute atomic E-state index is 8.94. The van der Waals surface area contributed by atoms with Crippen molar-refractivity contribution in [3.05, 3.63) is 35.4 Å². The van der Waals surface area contributed by atoms with E-state index in [2.05, 4.69) is 43.4 Å². The van der Waals surface area contributed by atoms with Crippen LogP contribution in [-0.4, -0.2) is 23.8 Å². The Morgan fingerprint density at radius 2 is 1.87 bits per heavy atom. The molecule has 1 aromatic carbocycles. The summed E-state index contributed by atoms with van der Waals surface area (Å²) in [5.74, 6) is 0. The zero-order valence-electron chi connectivity index (χ0n) is 9.83. The summed E-state index contributed by atoms with van der Waals surface area (Å²) < 4.78 is 0. The third kappa shape index (κ3) is 4.02. The number of hydrogen-bond acceptors (Lipinski definition) is 2. The molecular weight excluding hydrogens is 186 g/mol. The number of aliphatic hydroxyl groups excluding tert-OH is 1. The predicted octanol–water partition coefficient (Wildman–Crippen LogP) is 1.90. The molecule has 15 heavy (non-hydrogen) atoms. The van der Waals surface area contributed by atoms with E-state index in [4.69, 9.17) is 5.11 Å². The Hall–Kier alpha value is -0.860. The van der Waals surface area contributed by atoms with E-state index < -0.39 is 0 Å². The summed E-state index contributed by atoms with van der Waals surface area (Å²) >= 11 is 0. The van der Waals surface area contributed by atoms with Gasteiger partial charge < -0.3 is 10.4 Å². The fraction of sp³-hybridized carbons (Fsp3) is 0.538. The molecule has 2 atom stereocenters. The van der Waals surface area contributed by atoms with Gasteiger partial charge in [-0.3, -0.25) is 0 Å². The first kappa shape index (κ1) is 12.2. The maximum Gasteiger partial charge on any atom is 0.0582 e. The normalized spacial score (nSPS) is 14.9. The summed E-state index contributed by atoms with van der Waals surface area (Å²) in [5, 5.41) is 12.3. The van der Waals surface area contributed by atoms with Crippen LogP contribution in [0.15, 0.2) is 24.3 Å². The van der Waals surface area contributed by atoms with E-state index in [1.54, 1.807) is 0 Å². The van der Waals surface area contributed by atoms with Crippen molar-refractivity contribution in [3.63, 3.8) is 0 Å². The van der Waals surface area contributed by atoms with Crippen molar-refractivity contribution in [2.24, 2.45) is 0 Å². The summed E-state index contributed by atoms with van der Waals surface area (Å²) in [4.78, 5) is 0. The van der Waals surface area contributed by atoms with Crippen LogP contribution in [-0.2, 0) is 6.42 Å². The first-order valence-electron chi connectivity index (χ1n) is 5.55. The van der Waals surface area contributed by atoms with E-state index in [-0.39, 0.29) is 12.6 Å². The van der Waals surface area contributed by atoms with Gasteiger partial charge in [-0.2, -0.15) is 0 Å². The highest BCUT2D eigenvalue weighted by molar-refractivity contribution is 5.26. The second-order valence-electron chi connectivity index (χ2n) is 4.28. The summed E-state index contributed by atoms with van der Waals surface area (Å²) in [6, 6.07) is 9.00. The molecule has 0 aliphatic rings. The van der Waals surface area contributed by atoms with E-state index in [9.17, 15) is 0 Å². The van der Waals surface area contributed by atoms with Gasteiger partial charge in [0.05, 0.1) is 6.61 Å². The summed E-state index contributed by atoms with van der Waals surface area (Å²) in [5.41, 5.74) is 2.71. The van der Waals surface area contributed by atoms with Crippen molar-refractivity contribution in [2.75, 3.05) is 6.61 Å². The number of benzene rings is 1. The van der Waals surface area contributed by atoms with Crippen LogP contribution in [0.4, 0.5) is 0 Å². The van der Waals surface area contributed by atoms with Crippen LogP contribution >= 0.6 is 0 Å². The van der Waals surface area contributed by atoms with Gasteiger partial charge in [0.15, 0.2) is 0 Å². The standard InChI is InChI=1S/C13H21NO/c1-10-6-4-5-7-13(10)8-11(2)14-12(3)9-15/h4-7,11-12,14-15H,8-9H2,1-3H3. The van der Waals surface area contributed by atoms with E-state index in [0.29, 0.717) is 6.04 Å². The minimum absolute atomic E-state index is 0.170. The third-order valence-corrected chi connectivity index (χ3v) is 2.63. The van der Waals surface area contributed by atoms with Gasteiger partial charge in [-0.05, 0) is 38.3 Å². The van der Waals surface area contributed by atoms with Crippen molar-refractivity contribution in [1.82, 2.24) is 5.32 Å². The van der Waals surface area contributed by atoms with Gasteiger partial charge in [0.2, 0.25) is 0 Å². The van der Waals surface area contributed by atoms with Crippen LogP contribution in [0.3, 0.4) is 0 Å². The molecule has 0 bridgehead atoms. The molecule has 0 aliphatic heterocycles. The number of aliphatic hydroxyl groups is 1. The van der Waals surface area contributed by atoms with Crippen LogP contribution in [0.25, 0.3) is 0 Å². The molecule has 1 rings (SSSR count). The Morgan fingerprint density at radius 1 is 1.20 bits per heavy atom. The SMILES string of the molecule is Cc1ccccc1CC(C)NC(C)CO. The molecule has 0 saturated carbocycles. The quantitative estimate of drug-likeness (QED) is 0.773. The molecule has 0 fully saturated rings. The zero-order chi connectivity index (χ0) is 11.3. The molecule has 0 amide bonds. The molecular formula is C13H21NO. The average Bonchev–Trinajstić information content (AvgIpc) is 2.21. The topological polar surface area (TPSA) is 32.3 Å².